The van der Waals surface area contributed by atoms with E-state index in [0.717, 1.165) is 31.4 Å². The molecule has 4 atom stereocenters. The zero-order chi connectivity index (χ0) is 29.6. The Balaban J connectivity index is 1.18. The average Bonchev–Trinajstić information content (AvgIpc) is 3.76. The van der Waals surface area contributed by atoms with E-state index < -0.39 is 53.1 Å². The molecule has 1 aliphatic heterocycles. The number of amides is 1. The third-order valence-corrected chi connectivity index (χ3v) is 8.17. The Kier molecular flexibility index (Phi) is 7.23. The van der Waals surface area contributed by atoms with Crippen molar-refractivity contribution in [3.63, 3.8) is 0 Å². The smallest absolute Gasteiger partial charge is 0.362 e. The van der Waals surface area contributed by atoms with Crippen LogP contribution in [0.2, 0.25) is 0 Å². The van der Waals surface area contributed by atoms with Crippen LogP contribution in [0.4, 0.5) is 5.82 Å². The number of nitrogen functional groups attached to an aromatic ring is 1. The molecule has 1 saturated heterocycles. The Hall–Kier alpha value is -4.23. The Morgan fingerprint density at radius 1 is 1.17 bits per heavy atom. The lowest BCUT2D eigenvalue weighted by molar-refractivity contribution is -0.0468. The topological polar surface area (TPSA) is 243 Å². The summed E-state index contributed by atoms with van der Waals surface area (Å²) >= 11 is 0. The number of para-hydroxylation sites is 1. The highest BCUT2D eigenvalue weighted by Crippen LogP contribution is 2.34. The van der Waals surface area contributed by atoms with Crippen LogP contribution < -0.4 is 10.5 Å². The lowest BCUT2D eigenvalue weighted by atomic mass is 10.1. The molecule has 0 unspecified atom stereocenters. The SMILES string of the molecule is Nc1nc(-n2cc(C3CCCC3)nn2)nc2c1ncn2[C@H]1O[C@@H](COS(=O)(=O)NC(=O)c2ccccc2O)[C@H](O)[C@@H]1O. The fraction of sp³-hybridized carbons (Fsp3) is 0.417. The number of nitrogens with zero attached hydrogens (tertiary/aromatic N) is 7. The first-order chi connectivity index (χ1) is 20.1. The van der Waals surface area contributed by atoms with Crippen molar-refractivity contribution in [3.05, 3.63) is 48.0 Å². The highest BCUT2D eigenvalue weighted by molar-refractivity contribution is 7.85. The van der Waals surface area contributed by atoms with Crippen LogP contribution in [0.3, 0.4) is 0 Å². The van der Waals surface area contributed by atoms with Crippen LogP contribution in [0.15, 0.2) is 36.8 Å². The average molecular weight is 602 g/mol. The highest BCUT2D eigenvalue weighted by atomic mass is 32.2. The molecule has 0 bridgehead atoms. The maximum atomic E-state index is 12.4. The number of benzene rings is 1. The zero-order valence-corrected chi connectivity index (χ0v) is 22.7. The van der Waals surface area contributed by atoms with Crippen molar-refractivity contribution in [3.8, 4) is 11.7 Å². The van der Waals surface area contributed by atoms with Crippen molar-refractivity contribution in [2.24, 2.45) is 0 Å². The first-order valence-corrected chi connectivity index (χ1v) is 14.5. The molecule has 6 rings (SSSR count). The number of nitrogens with two attached hydrogens (primary N) is 1. The fourth-order valence-electron chi connectivity index (χ4n) is 5.12. The van der Waals surface area contributed by atoms with Crippen molar-refractivity contribution in [2.45, 2.75) is 56.1 Å². The second kappa shape index (κ2) is 10.9. The number of phenols is 1. The number of hydrogen-bond acceptors (Lipinski definition) is 14. The van der Waals surface area contributed by atoms with Crippen molar-refractivity contribution in [1.82, 2.24) is 39.2 Å². The summed E-state index contributed by atoms with van der Waals surface area (Å²) in [5.74, 6) is -1.09. The van der Waals surface area contributed by atoms with Crippen molar-refractivity contribution in [1.29, 1.82) is 0 Å². The van der Waals surface area contributed by atoms with Crippen LogP contribution in [-0.4, -0.2) is 89.1 Å². The molecule has 18 heteroatoms. The van der Waals surface area contributed by atoms with E-state index in [1.165, 1.54) is 39.8 Å². The van der Waals surface area contributed by atoms with Crippen LogP contribution in [0, 0.1) is 0 Å². The van der Waals surface area contributed by atoms with Gasteiger partial charge in [0, 0.05) is 5.92 Å². The number of rotatable bonds is 8. The first-order valence-electron chi connectivity index (χ1n) is 13.0. The van der Waals surface area contributed by atoms with Gasteiger partial charge in [-0.3, -0.25) is 13.5 Å². The summed E-state index contributed by atoms with van der Waals surface area (Å²) in [4.78, 5) is 25.2. The lowest BCUT2D eigenvalue weighted by Crippen LogP contribution is -2.37. The Morgan fingerprint density at radius 3 is 2.69 bits per heavy atom. The molecule has 1 saturated carbocycles. The first kappa shape index (κ1) is 27.9. The van der Waals surface area contributed by atoms with E-state index in [1.54, 1.807) is 10.9 Å². The van der Waals surface area contributed by atoms with Crippen molar-refractivity contribution in [2.75, 3.05) is 12.3 Å². The van der Waals surface area contributed by atoms with Gasteiger partial charge in [-0.25, -0.2) is 9.71 Å². The Bertz CT molecular complexity index is 1740. The van der Waals surface area contributed by atoms with Crippen LogP contribution in [0.5, 0.6) is 5.75 Å². The molecule has 4 aromatic rings. The van der Waals surface area contributed by atoms with E-state index in [9.17, 15) is 28.5 Å². The quantitative estimate of drug-likeness (QED) is 0.174. The predicted molar refractivity (Wildman–Crippen MR) is 142 cm³/mol. The normalized spacial score (nSPS) is 23.1. The minimum atomic E-state index is -4.68. The summed E-state index contributed by atoms with van der Waals surface area (Å²) in [7, 11) is -4.68. The summed E-state index contributed by atoms with van der Waals surface area (Å²) < 4.78 is 39.7. The molecule has 0 spiro atoms. The number of imidazole rings is 1. The third kappa shape index (κ3) is 5.25. The van der Waals surface area contributed by atoms with E-state index >= 15 is 0 Å². The molecule has 1 aliphatic carbocycles. The van der Waals surface area contributed by atoms with E-state index in [-0.39, 0.29) is 28.5 Å². The van der Waals surface area contributed by atoms with Gasteiger partial charge in [0.05, 0.1) is 30.4 Å². The molecule has 42 heavy (non-hydrogen) atoms. The number of aromatic nitrogens is 7. The Morgan fingerprint density at radius 2 is 1.93 bits per heavy atom. The van der Waals surface area contributed by atoms with Gasteiger partial charge in [-0.15, -0.1) is 5.10 Å². The lowest BCUT2D eigenvalue weighted by Gasteiger charge is -2.16. The molecule has 4 heterocycles. The molecule has 3 aromatic heterocycles. The van der Waals surface area contributed by atoms with Crippen molar-refractivity contribution >= 4 is 33.2 Å². The van der Waals surface area contributed by atoms with Gasteiger partial charge in [0.1, 0.15) is 29.6 Å². The molecule has 0 radical (unpaired) electrons. The van der Waals surface area contributed by atoms with Gasteiger partial charge in [-0.05, 0) is 25.0 Å². The summed E-state index contributed by atoms with van der Waals surface area (Å²) in [6.07, 6.45) is 1.63. The molecule has 2 fully saturated rings. The van der Waals surface area contributed by atoms with E-state index in [2.05, 4.69) is 25.3 Å². The predicted octanol–water partition coefficient (Wildman–Crippen LogP) is -0.337. The van der Waals surface area contributed by atoms with Gasteiger partial charge in [0.25, 0.3) is 11.9 Å². The maximum absolute atomic E-state index is 12.4. The maximum Gasteiger partial charge on any atom is 0.362 e. The summed E-state index contributed by atoms with van der Waals surface area (Å²) in [5.41, 5.74) is 7.04. The second-order valence-corrected chi connectivity index (χ2v) is 11.4. The van der Waals surface area contributed by atoms with Gasteiger partial charge in [0.15, 0.2) is 17.7 Å². The van der Waals surface area contributed by atoms with Crippen molar-refractivity contribution < 1.29 is 37.5 Å². The number of ether oxygens (including phenoxy) is 1. The number of phenolic OH excluding ortho intramolecular Hbond substituents is 1. The Labute approximate surface area is 238 Å². The zero-order valence-electron chi connectivity index (χ0n) is 21.9. The van der Waals surface area contributed by atoms with Crippen LogP contribution in [-0.2, 0) is 19.2 Å². The number of aromatic hydroxyl groups is 1. The summed E-state index contributed by atoms with van der Waals surface area (Å²) in [6, 6.07) is 5.34. The monoisotopic (exact) mass is 601 g/mol. The van der Waals surface area contributed by atoms with E-state index in [4.69, 9.17) is 14.7 Å². The fourth-order valence-corrected chi connectivity index (χ4v) is 5.82. The number of nitrogens with one attached hydrogen (secondary N) is 1. The van der Waals surface area contributed by atoms with Gasteiger partial charge < -0.3 is 25.8 Å². The molecule has 222 valence electrons. The molecule has 17 nitrogen and oxygen atoms in total. The molecule has 1 amide bonds. The number of carbonyl (C=O) groups is 1. The van der Waals surface area contributed by atoms with Crippen LogP contribution in [0.1, 0.15) is 53.9 Å². The molecular formula is C24H27N9O8S. The number of carbonyl (C=O) groups excluding carboxylic acids is 1. The van der Waals surface area contributed by atoms with Crippen LogP contribution >= 0.6 is 0 Å². The minimum absolute atomic E-state index is 0.0332. The van der Waals surface area contributed by atoms with Gasteiger partial charge in [0.2, 0.25) is 0 Å². The van der Waals surface area contributed by atoms with Gasteiger partial charge >= 0.3 is 10.3 Å². The summed E-state index contributed by atoms with van der Waals surface area (Å²) in [6.45, 7) is -0.754. The van der Waals surface area contributed by atoms with Gasteiger partial charge in [-0.1, -0.05) is 30.2 Å². The number of hydrogen-bond donors (Lipinski definition) is 5. The molecule has 2 aliphatic rings. The second-order valence-electron chi connectivity index (χ2n) is 10.0. The van der Waals surface area contributed by atoms with Gasteiger partial charge in [-0.2, -0.15) is 23.1 Å². The number of aliphatic hydroxyl groups excluding tert-OH is 2. The number of fused-ring (bicyclic) bond motifs is 1. The van der Waals surface area contributed by atoms with E-state index in [0.29, 0.717) is 5.92 Å². The molecule has 6 N–H and O–H groups in total. The van der Waals surface area contributed by atoms with E-state index in [1.807, 2.05) is 0 Å². The highest BCUT2D eigenvalue weighted by Gasteiger charge is 2.45. The number of aliphatic hydroxyl groups is 2. The third-order valence-electron chi connectivity index (χ3n) is 7.29. The molecular weight excluding hydrogens is 574 g/mol. The summed E-state index contributed by atoms with van der Waals surface area (Å²) in [5, 5.41) is 39.5. The molecule has 1 aromatic carbocycles. The number of anilines is 1. The minimum Gasteiger partial charge on any atom is -0.507 e. The largest absolute Gasteiger partial charge is 0.507 e. The van der Waals surface area contributed by atoms with Crippen LogP contribution in [0.25, 0.3) is 17.1 Å². The standard InChI is InChI=1S/C24H27N9O8S/c25-20-17-21(28-24(27-20)33-9-14(29-31-33)12-5-1-2-6-12)32(11-26-17)23-19(36)18(35)16(41-23)10-40-42(38,39)30-22(37)13-7-3-4-8-15(13)34/h3-4,7-9,11-12,16,18-19,23,34-36H,1-2,5-6,10H2,(H,30,37)(H2,25,27,28)/t16-,18-,19-,23-/m0/s1.